The van der Waals surface area contributed by atoms with E-state index in [1.165, 1.54) is 0 Å². The third-order valence-electron chi connectivity index (χ3n) is 1.98. The summed E-state index contributed by atoms with van der Waals surface area (Å²) in [6.07, 6.45) is 2.12. The highest BCUT2D eigenvalue weighted by Gasteiger charge is 2.07. The molecule has 2 N–H and O–H groups in total. The topological polar surface area (TPSA) is 41.1 Å². The van der Waals surface area contributed by atoms with Crippen LogP contribution in [0.2, 0.25) is 5.02 Å². The zero-order chi connectivity index (χ0) is 11.1. The van der Waals surface area contributed by atoms with Gasteiger partial charge >= 0.3 is 0 Å². The minimum atomic E-state index is -0.197. The van der Waals surface area contributed by atoms with Crippen molar-refractivity contribution in [1.82, 2.24) is 10.9 Å². The van der Waals surface area contributed by atoms with E-state index in [0.29, 0.717) is 10.6 Å². The molecule has 82 valence electrons. The maximum atomic E-state index is 11.6. The molecule has 1 amide bonds. The van der Waals surface area contributed by atoms with E-state index in [0.717, 1.165) is 19.4 Å². The van der Waals surface area contributed by atoms with Gasteiger partial charge < -0.3 is 0 Å². The van der Waals surface area contributed by atoms with Crippen LogP contribution in [0, 0.1) is 0 Å². The first-order chi connectivity index (χ1) is 7.25. The Hall–Kier alpha value is -1.06. The van der Waals surface area contributed by atoms with Crippen LogP contribution in [-0.2, 0) is 0 Å². The van der Waals surface area contributed by atoms with Gasteiger partial charge in [-0.1, -0.05) is 37.1 Å². The number of hydrazine groups is 1. The summed E-state index contributed by atoms with van der Waals surface area (Å²) in [7, 11) is 0. The lowest BCUT2D eigenvalue weighted by Gasteiger charge is -2.07. The molecule has 1 aromatic rings. The Balaban J connectivity index is 2.44. The standard InChI is InChI=1S/C11H15ClN2O/c1-2-3-8-13-14-11(15)9-6-4-5-7-10(9)12/h4-7,13H,2-3,8H2,1H3,(H,14,15). The average Bonchev–Trinajstić information content (AvgIpc) is 2.25. The molecule has 0 aliphatic carbocycles. The highest BCUT2D eigenvalue weighted by atomic mass is 35.5. The van der Waals surface area contributed by atoms with E-state index in [-0.39, 0.29) is 5.91 Å². The number of carbonyl (C=O) groups is 1. The molecule has 0 atom stereocenters. The summed E-state index contributed by atoms with van der Waals surface area (Å²) < 4.78 is 0. The second-order valence-electron chi connectivity index (χ2n) is 3.21. The Morgan fingerprint density at radius 2 is 2.13 bits per heavy atom. The maximum Gasteiger partial charge on any atom is 0.266 e. The Morgan fingerprint density at radius 1 is 1.40 bits per heavy atom. The molecule has 0 saturated carbocycles. The number of benzene rings is 1. The van der Waals surface area contributed by atoms with Crippen LogP contribution in [0.3, 0.4) is 0 Å². The van der Waals surface area contributed by atoms with Crippen LogP contribution >= 0.6 is 11.6 Å². The van der Waals surface area contributed by atoms with Gasteiger partial charge in [-0.25, -0.2) is 5.43 Å². The van der Waals surface area contributed by atoms with Gasteiger partial charge in [0.2, 0.25) is 0 Å². The minimum Gasteiger partial charge on any atom is -0.287 e. The number of unbranched alkanes of at least 4 members (excludes halogenated alkanes) is 1. The van der Waals surface area contributed by atoms with Crippen LogP contribution < -0.4 is 10.9 Å². The molecule has 4 heteroatoms. The molecule has 0 aromatic heterocycles. The lowest BCUT2D eigenvalue weighted by Crippen LogP contribution is -2.38. The monoisotopic (exact) mass is 226 g/mol. The van der Waals surface area contributed by atoms with Crippen molar-refractivity contribution in [2.24, 2.45) is 0 Å². The van der Waals surface area contributed by atoms with E-state index in [1.807, 2.05) is 0 Å². The summed E-state index contributed by atoms with van der Waals surface area (Å²) in [6, 6.07) is 6.97. The second kappa shape index (κ2) is 6.43. The summed E-state index contributed by atoms with van der Waals surface area (Å²) in [4.78, 5) is 11.6. The average molecular weight is 227 g/mol. The Labute approximate surface area is 94.8 Å². The summed E-state index contributed by atoms with van der Waals surface area (Å²) in [5.74, 6) is -0.197. The zero-order valence-electron chi connectivity index (χ0n) is 8.72. The predicted octanol–water partition coefficient (Wildman–Crippen LogP) is 2.37. The summed E-state index contributed by atoms with van der Waals surface area (Å²) in [5.41, 5.74) is 5.94. The molecule has 0 fully saturated rings. The quantitative estimate of drug-likeness (QED) is 0.598. The highest BCUT2D eigenvalue weighted by Crippen LogP contribution is 2.13. The van der Waals surface area contributed by atoms with Crippen LogP contribution in [0.25, 0.3) is 0 Å². The summed E-state index contributed by atoms with van der Waals surface area (Å²) >= 11 is 5.87. The van der Waals surface area contributed by atoms with E-state index >= 15 is 0 Å². The van der Waals surface area contributed by atoms with Gasteiger partial charge in [0.15, 0.2) is 0 Å². The molecule has 0 heterocycles. The molecular weight excluding hydrogens is 212 g/mol. The van der Waals surface area contributed by atoms with Gasteiger partial charge in [0, 0.05) is 6.54 Å². The maximum absolute atomic E-state index is 11.6. The Bertz CT molecular complexity index is 328. The van der Waals surface area contributed by atoms with Gasteiger partial charge in [-0.2, -0.15) is 0 Å². The SMILES string of the molecule is CCCCNNC(=O)c1ccccc1Cl. The number of nitrogens with one attached hydrogen (secondary N) is 2. The Kier molecular flexibility index (Phi) is 5.15. The van der Waals surface area contributed by atoms with Gasteiger partial charge in [-0.3, -0.25) is 10.2 Å². The van der Waals surface area contributed by atoms with Crippen LogP contribution in [0.1, 0.15) is 30.1 Å². The molecule has 3 nitrogen and oxygen atoms in total. The molecule has 1 aromatic carbocycles. The number of amides is 1. The fourth-order valence-electron chi connectivity index (χ4n) is 1.12. The van der Waals surface area contributed by atoms with Crippen molar-refractivity contribution in [1.29, 1.82) is 0 Å². The van der Waals surface area contributed by atoms with Gasteiger partial charge in [0.1, 0.15) is 0 Å². The first-order valence-corrected chi connectivity index (χ1v) is 5.41. The molecule has 1 rings (SSSR count). The summed E-state index contributed by atoms with van der Waals surface area (Å²) in [6.45, 7) is 2.87. The fraction of sp³-hybridized carbons (Fsp3) is 0.364. The molecule has 0 radical (unpaired) electrons. The second-order valence-corrected chi connectivity index (χ2v) is 3.62. The first-order valence-electron chi connectivity index (χ1n) is 5.03. The predicted molar refractivity (Wildman–Crippen MR) is 61.8 cm³/mol. The third kappa shape index (κ3) is 3.90. The van der Waals surface area contributed by atoms with Crippen molar-refractivity contribution in [3.05, 3.63) is 34.9 Å². The van der Waals surface area contributed by atoms with Crippen molar-refractivity contribution in [2.75, 3.05) is 6.54 Å². The van der Waals surface area contributed by atoms with Gasteiger partial charge in [-0.15, -0.1) is 0 Å². The van der Waals surface area contributed by atoms with E-state index in [1.54, 1.807) is 24.3 Å². The number of carbonyl (C=O) groups excluding carboxylic acids is 1. The molecule has 0 saturated heterocycles. The van der Waals surface area contributed by atoms with Gasteiger partial charge in [0.25, 0.3) is 5.91 Å². The largest absolute Gasteiger partial charge is 0.287 e. The molecule has 0 aliphatic rings. The van der Waals surface area contributed by atoms with E-state index in [2.05, 4.69) is 17.8 Å². The number of hydrogen-bond donors (Lipinski definition) is 2. The number of halogens is 1. The van der Waals surface area contributed by atoms with Gasteiger partial charge in [0.05, 0.1) is 10.6 Å². The lowest BCUT2D eigenvalue weighted by molar-refractivity contribution is 0.0933. The van der Waals surface area contributed by atoms with Crippen LogP contribution in [0.4, 0.5) is 0 Å². The normalized spacial score (nSPS) is 10.0. The zero-order valence-corrected chi connectivity index (χ0v) is 9.47. The van der Waals surface area contributed by atoms with Crippen molar-refractivity contribution in [2.45, 2.75) is 19.8 Å². The smallest absolute Gasteiger partial charge is 0.266 e. The van der Waals surface area contributed by atoms with E-state index in [9.17, 15) is 4.79 Å². The van der Waals surface area contributed by atoms with Crippen LogP contribution in [0.15, 0.2) is 24.3 Å². The number of hydrogen-bond acceptors (Lipinski definition) is 2. The lowest BCUT2D eigenvalue weighted by atomic mass is 10.2. The molecule has 0 spiro atoms. The highest BCUT2D eigenvalue weighted by molar-refractivity contribution is 6.33. The van der Waals surface area contributed by atoms with Crippen molar-refractivity contribution >= 4 is 17.5 Å². The van der Waals surface area contributed by atoms with Crippen molar-refractivity contribution in [3.63, 3.8) is 0 Å². The molecular formula is C11H15ClN2O. The van der Waals surface area contributed by atoms with Gasteiger partial charge in [-0.05, 0) is 18.6 Å². The molecule has 0 unspecified atom stereocenters. The number of rotatable bonds is 5. The first kappa shape index (κ1) is 12.0. The Morgan fingerprint density at radius 3 is 2.80 bits per heavy atom. The minimum absolute atomic E-state index is 0.197. The molecule has 0 aliphatic heterocycles. The molecule has 15 heavy (non-hydrogen) atoms. The van der Waals surface area contributed by atoms with Crippen LogP contribution in [-0.4, -0.2) is 12.5 Å². The van der Waals surface area contributed by atoms with Crippen LogP contribution in [0.5, 0.6) is 0 Å². The summed E-state index contributed by atoms with van der Waals surface area (Å²) in [5, 5.41) is 0.465. The van der Waals surface area contributed by atoms with E-state index < -0.39 is 0 Å². The molecule has 0 bridgehead atoms. The van der Waals surface area contributed by atoms with Crippen molar-refractivity contribution in [3.8, 4) is 0 Å². The fourth-order valence-corrected chi connectivity index (χ4v) is 1.34. The third-order valence-corrected chi connectivity index (χ3v) is 2.31. The van der Waals surface area contributed by atoms with E-state index in [4.69, 9.17) is 11.6 Å². The van der Waals surface area contributed by atoms with Crippen molar-refractivity contribution < 1.29 is 4.79 Å².